The second kappa shape index (κ2) is 3.12. The van der Waals surface area contributed by atoms with E-state index >= 15 is 0 Å². The zero-order chi connectivity index (χ0) is 9.14. The molecular weight excluding hydrogens is 160 g/mol. The van der Waals surface area contributed by atoms with Crippen molar-refractivity contribution in [3.05, 3.63) is 32.8 Å². The van der Waals surface area contributed by atoms with Crippen molar-refractivity contribution >= 4 is 0 Å². The predicted octanol–water partition coefficient (Wildman–Crippen LogP) is -1.14. The number of aromatic amines is 2. The number of nitrogens with zero attached hydrogens (tertiary/aromatic N) is 2. The summed E-state index contributed by atoms with van der Waals surface area (Å²) in [5.41, 5.74) is -1.26. The van der Waals surface area contributed by atoms with Gasteiger partial charge in [0, 0.05) is 26.4 Å². The summed E-state index contributed by atoms with van der Waals surface area (Å²) in [6.45, 7) is 0. The average molecular weight is 170 g/mol. The van der Waals surface area contributed by atoms with Crippen LogP contribution in [0.3, 0.4) is 0 Å². The molecule has 12 heavy (non-hydrogen) atoms. The standard InChI is InChI=1S/C6H10N4O2/c1-9-4-3-5(11)6(12)7-8-10(9)2/h3-4,8H,1-2H3,(H,7,12). The van der Waals surface area contributed by atoms with Crippen molar-refractivity contribution in [2.24, 2.45) is 14.1 Å². The van der Waals surface area contributed by atoms with Gasteiger partial charge in [-0.05, 0) is 0 Å². The van der Waals surface area contributed by atoms with E-state index in [2.05, 4.69) is 10.3 Å². The highest BCUT2D eigenvalue weighted by Crippen LogP contribution is 1.67. The molecule has 1 aromatic rings. The first-order chi connectivity index (χ1) is 5.61. The van der Waals surface area contributed by atoms with Crippen molar-refractivity contribution in [2.75, 3.05) is 0 Å². The Bertz CT molecular complexity index is 377. The summed E-state index contributed by atoms with van der Waals surface area (Å²) >= 11 is 0. The summed E-state index contributed by atoms with van der Waals surface area (Å²) in [6, 6.07) is 1.20. The Morgan fingerprint density at radius 1 is 1.33 bits per heavy atom. The Morgan fingerprint density at radius 3 is 2.67 bits per heavy atom. The molecule has 1 heterocycles. The zero-order valence-electron chi connectivity index (χ0n) is 6.87. The fraction of sp³-hybridized carbons (Fsp3) is 0.333. The number of rotatable bonds is 0. The normalized spacial score (nSPS) is 9.50. The van der Waals surface area contributed by atoms with Gasteiger partial charge in [0.25, 0.3) is 0 Å². The van der Waals surface area contributed by atoms with Crippen LogP contribution in [-0.4, -0.2) is 19.8 Å². The highest BCUT2D eigenvalue weighted by atomic mass is 16.2. The Labute approximate surface area is 67.7 Å². The van der Waals surface area contributed by atoms with Gasteiger partial charge in [-0.25, -0.2) is 15.1 Å². The van der Waals surface area contributed by atoms with E-state index in [9.17, 15) is 9.59 Å². The summed E-state index contributed by atoms with van der Waals surface area (Å²) in [5, 5.41) is 4.71. The Hall–Kier alpha value is -1.72. The van der Waals surface area contributed by atoms with Crippen LogP contribution in [-0.2, 0) is 14.1 Å². The lowest BCUT2D eigenvalue weighted by molar-refractivity contribution is 0.468. The van der Waals surface area contributed by atoms with Crippen molar-refractivity contribution in [1.82, 2.24) is 19.8 Å². The van der Waals surface area contributed by atoms with Gasteiger partial charge in [-0.15, -0.1) is 0 Å². The van der Waals surface area contributed by atoms with E-state index in [1.165, 1.54) is 17.1 Å². The lowest BCUT2D eigenvalue weighted by Crippen LogP contribution is -2.27. The highest BCUT2D eigenvalue weighted by molar-refractivity contribution is 4.83. The molecule has 2 N–H and O–H groups in total. The first kappa shape index (κ1) is 8.38. The van der Waals surface area contributed by atoms with Crippen molar-refractivity contribution < 1.29 is 0 Å². The average Bonchev–Trinajstić information content (AvgIpc) is 2.07. The van der Waals surface area contributed by atoms with Crippen LogP contribution in [0, 0.1) is 0 Å². The minimum absolute atomic E-state index is 0.581. The van der Waals surface area contributed by atoms with Gasteiger partial charge >= 0.3 is 5.56 Å². The number of hydrogen-bond acceptors (Lipinski definition) is 2. The SMILES string of the molecule is Cn1ccc(=O)c(=O)[nH][nH]n1C. The van der Waals surface area contributed by atoms with Crippen LogP contribution in [0.2, 0.25) is 0 Å². The Balaban J connectivity index is 3.60. The Kier molecular flexibility index (Phi) is 2.18. The Morgan fingerprint density at radius 2 is 2.00 bits per heavy atom. The maximum atomic E-state index is 10.8. The van der Waals surface area contributed by atoms with Crippen molar-refractivity contribution in [2.45, 2.75) is 0 Å². The summed E-state index contributed by atoms with van der Waals surface area (Å²) in [7, 11) is 3.43. The number of H-pyrrole nitrogens is 2. The molecule has 0 aromatic carbocycles. The highest BCUT2D eigenvalue weighted by Gasteiger charge is 1.85. The van der Waals surface area contributed by atoms with Crippen molar-refractivity contribution in [3.8, 4) is 0 Å². The molecule has 0 aliphatic heterocycles. The van der Waals surface area contributed by atoms with Crippen LogP contribution in [0.5, 0.6) is 0 Å². The fourth-order valence-electron chi connectivity index (χ4n) is 0.623. The molecule has 0 aliphatic carbocycles. The van der Waals surface area contributed by atoms with Crippen LogP contribution < -0.4 is 11.0 Å². The fourth-order valence-corrected chi connectivity index (χ4v) is 0.623. The van der Waals surface area contributed by atoms with Crippen LogP contribution in [0.1, 0.15) is 0 Å². The first-order valence-electron chi connectivity index (χ1n) is 3.36. The maximum absolute atomic E-state index is 10.8. The molecule has 0 fully saturated rings. The molecule has 0 spiro atoms. The van der Waals surface area contributed by atoms with Gasteiger partial charge in [0.15, 0.2) is 0 Å². The molecule has 0 saturated heterocycles. The topological polar surface area (TPSA) is 75.6 Å². The summed E-state index contributed by atoms with van der Waals surface area (Å²) in [4.78, 5) is 23.1. The number of nitrogens with one attached hydrogen (secondary N) is 2. The lowest BCUT2D eigenvalue weighted by Gasteiger charge is -2.02. The largest absolute Gasteiger partial charge is 0.311 e. The minimum atomic E-state index is -0.675. The van der Waals surface area contributed by atoms with Gasteiger partial charge in [-0.2, -0.15) is 0 Å². The minimum Gasteiger partial charge on any atom is -0.284 e. The van der Waals surface area contributed by atoms with Crippen LogP contribution in [0.4, 0.5) is 0 Å². The van der Waals surface area contributed by atoms with E-state index in [0.29, 0.717) is 0 Å². The molecule has 0 amide bonds. The quantitative estimate of drug-likeness (QED) is 0.483. The molecule has 1 rings (SSSR count). The molecule has 6 heteroatoms. The lowest BCUT2D eigenvalue weighted by atomic mass is 10.6. The third-order valence-corrected chi connectivity index (χ3v) is 1.47. The maximum Gasteiger partial charge on any atom is 0.311 e. The molecule has 0 radical (unpaired) electrons. The van der Waals surface area contributed by atoms with E-state index < -0.39 is 11.0 Å². The number of aryl methyl sites for hydroxylation is 2. The second-order valence-electron chi connectivity index (χ2n) is 2.34. The molecule has 0 aliphatic rings. The molecular formula is C6H10N4O2. The van der Waals surface area contributed by atoms with E-state index in [-0.39, 0.29) is 0 Å². The van der Waals surface area contributed by atoms with Gasteiger partial charge in [0.2, 0.25) is 5.43 Å². The molecule has 66 valence electrons. The molecule has 1 aromatic heterocycles. The molecule has 0 unspecified atom stereocenters. The van der Waals surface area contributed by atoms with Gasteiger partial charge in [0.05, 0.1) is 0 Å². The van der Waals surface area contributed by atoms with Crippen LogP contribution in [0.25, 0.3) is 0 Å². The van der Waals surface area contributed by atoms with E-state index in [0.717, 1.165) is 0 Å². The van der Waals surface area contributed by atoms with Gasteiger partial charge in [-0.1, -0.05) is 0 Å². The van der Waals surface area contributed by atoms with E-state index in [1.54, 1.807) is 18.8 Å². The van der Waals surface area contributed by atoms with Crippen molar-refractivity contribution in [1.29, 1.82) is 0 Å². The second-order valence-corrected chi connectivity index (χ2v) is 2.34. The van der Waals surface area contributed by atoms with Crippen LogP contribution >= 0.6 is 0 Å². The number of hydrogen-bond donors (Lipinski definition) is 2. The van der Waals surface area contributed by atoms with Crippen molar-refractivity contribution in [3.63, 3.8) is 0 Å². The van der Waals surface area contributed by atoms with Crippen LogP contribution in [0.15, 0.2) is 21.9 Å². The molecule has 0 bridgehead atoms. The third kappa shape index (κ3) is 1.66. The summed E-state index contributed by atoms with van der Waals surface area (Å²) < 4.78 is 1.61. The smallest absolute Gasteiger partial charge is 0.284 e. The zero-order valence-corrected chi connectivity index (χ0v) is 6.87. The predicted molar refractivity (Wildman–Crippen MR) is 43.3 cm³/mol. The summed E-state index contributed by atoms with van der Waals surface area (Å²) in [6.07, 6.45) is 1.49. The summed E-state index contributed by atoms with van der Waals surface area (Å²) in [5.74, 6) is 0. The molecule has 0 saturated carbocycles. The molecule has 0 atom stereocenters. The monoisotopic (exact) mass is 170 g/mol. The third-order valence-electron chi connectivity index (χ3n) is 1.47. The van der Waals surface area contributed by atoms with Gasteiger partial charge in [0.1, 0.15) is 0 Å². The first-order valence-corrected chi connectivity index (χ1v) is 3.36. The van der Waals surface area contributed by atoms with E-state index in [4.69, 9.17) is 0 Å². The van der Waals surface area contributed by atoms with Gasteiger partial charge in [-0.3, -0.25) is 14.3 Å². The van der Waals surface area contributed by atoms with Gasteiger partial charge < -0.3 is 0 Å². The number of aromatic nitrogens is 4. The van der Waals surface area contributed by atoms with E-state index in [1.807, 2.05) is 0 Å². The molecule has 6 nitrogen and oxygen atoms in total.